The van der Waals surface area contributed by atoms with E-state index in [0.717, 1.165) is 0 Å². The second kappa shape index (κ2) is 9.58. The van der Waals surface area contributed by atoms with E-state index >= 15 is 0 Å². The molecule has 0 bridgehead atoms. The van der Waals surface area contributed by atoms with E-state index in [1.54, 1.807) is 60.7 Å². The van der Waals surface area contributed by atoms with Gasteiger partial charge in [0, 0.05) is 5.02 Å². The van der Waals surface area contributed by atoms with Gasteiger partial charge in [-0.1, -0.05) is 35.9 Å². The number of halogens is 1. The number of ether oxygens (including phenoxy) is 4. The zero-order valence-electron chi connectivity index (χ0n) is 17.7. The average molecular weight is 464 g/mol. The number of amides is 1. The summed E-state index contributed by atoms with van der Waals surface area (Å²) in [6.45, 7) is 0. The van der Waals surface area contributed by atoms with Crippen LogP contribution >= 0.6 is 11.6 Å². The molecule has 0 radical (unpaired) electrons. The largest absolute Gasteiger partial charge is 0.496 e. The first kappa shape index (κ1) is 22.1. The molecule has 1 heterocycles. The van der Waals surface area contributed by atoms with Crippen molar-refractivity contribution in [3.05, 3.63) is 94.2 Å². The maximum absolute atomic E-state index is 12.4. The lowest BCUT2D eigenvalue weighted by Crippen LogP contribution is -2.09. The number of aliphatic imine (C=N–C) groups is 1. The third kappa shape index (κ3) is 4.88. The molecule has 0 saturated heterocycles. The number of esters is 1. The highest BCUT2D eigenvalue weighted by Crippen LogP contribution is 2.31. The monoisotopic (exact) mass is 463 g/mol. The summed E-state index contributed by atoms with van der Waals surface area (Å²) in [6, 6.07) is 18.4. The second-order valence-electron chi connectivity index (χ2n) is 6.84. The van der Waals surface area contributed by atoms with Gasteiger partial charge in [0.05, 0.1) is 25.3 Å². The van der Waals surface area contributed by atoms with Gasteiger partial charge in [0.2, 0.25) is 5.90 Å². The lowest BCUT2D eigenvalue weighted by molar-refractivity contribution is -0.115. The minimum Gasteiger partial charge on any atom is -0.496 e. The Morgan fingerprint density at radius 3 is 2.39 bits per heavy atom. The molecule has 3 aromatic carbocycles. The minimum absolute atomic E-state index is 0.0168. The van der Waals surface area contributed by atoms with Gasteiger partial charge in [0.1, 0.15) is 5.75 Å². The molecule has 8 heteroatoms. The molecule has 0 spiro atoms. The summed E-state index contributed by atoms with van der Waals surface area (Å²) in [7, 11) is 2.95. The molecule has 1 amide bonds. The normalized spacial score (nSPS) is 14.0. The third-order valence-electron chi connectivity index (χ3n) is 4.71. The van der Waals surface area contributed by atoms with Crippen molar-refractivity contribution in [3.63, 3.8) is 0 Å². The lowest BCUT2D eigenvalue weighted by Gasteiger charge is -2.10. The van der Waals surface area contributed by atoms with Crippen molar-refractivity contribution in [2.24, 2.45) is 4.99 Å². The van der Waals surface area contributed by atoms with E-state index in [2.05, 4.69) is 4.99 Å². The quantitative estimate of drug-likeness (QED) is 0.293. The molecule has 0 aromatic heterocycles. The Kier molecular flexibility index (Phi) is 6.42. The van der Waals surface area contributed by atoms with Crippen LogP contribution in [0.2, 0.25) is 5.02 Å². The highest BCUT2D eigenvalue weighted by Gasteiger charge is 2.26. The van der Waals surface area contributed by atoms with Gasteiger partial charge >= 0.3 is 11.9 Å². The van der Waals surface area contributed by atoms with Crippen molar-refractivity contribution in [3.8, 4) is 17.2 Å². The van der Waals surface area contributed by atoms with Gasteiger partial charge in [-0.25, -0.2) is 4.79 Å². The Hall–Kier alpha value is -4.10. The van der Waals surface area contributed by atoms with Gasteiger partial charge in [0.25, 0.3) is 0 Å². The fourth-order valence-corrected chi connectivity index (χ4v) is 3.29. The van der Waals surface area contributed by atoms with Crippen LogP contribution < -0.4 is 14.2 Å². The highest BCUT2D eigenvalue weighted by atomic mass is 35.5. The average Bonchev–Trinajstić information content (AvgIpc) is 3.20. The topological polar surface area (TPSA) is 83.4 Å². The summed E-state index contributed by atoms with van der Waals surface area (Å²) in [5.41, 5.74) is 1.46. The van der Waals surface area contributed by atoms with Gasteiger partial charge in [-0.15, -0.1) is 0 Å². The molecule has 4 rings (SSSR count). The van der Waals surface area contributed by atoms with Crippen LogP contribution in [0.15, 0.2) is 77.5 Å². The van der Waals surface area contributed by atoms with Crippen molar-refractivity contribution >= 4 is 35.5 Å². The van der Waals surface area contributed by atoms with Crippen LogP contribution in [-0.4, -0.2) is 32.0 Å². The summed E-state index contributed by atoms with van der Waals surface area (Å²) in [6.07, 6.45) is 1.52. The van der Waals surface area contributed by atoms with Crippen LogP contribution in [0.1, 0.15) is 21.5 Å². The Bertz CT molecular complexity index is 1280. The standard InChI is InChI=1S/C25H18ClNO6/c1-30-19-11-9-17(26)14-18(19)24-27-23(28)22(32-24)13-15-8-10-20(21(12-15)31-2)33-25(29)16-6-4-3-5-7-16/h3-14H,1-2H3/b22-13+. The van der Waals surface area contributed by atoms with Crippen molar-refractivity contribution in [1.29, 1.82) is 0 Å². The van der Waals surface area contributed by atoms with Gasteiger partial charge in [0.15, 0.2) is 17.3 Å². The fraction of sp³-hybridized carbons (Fsp3) is 0.0800. The Labute approximate surface area is 194 Å². The van der Waals surface area contributed by atoms with Gasteiger partial charge < -0.3 is 18.9 Å². The number of benzene rings is 3. The van der Waals surface area contributed by atoms with Crippen molar-refractivity contribution < 1.29 is 28.5 Å². The zero-order valence-corrected chi connectivity index (χ0v) is 18.5. The van der Waals surface area contributed by atoms with E-state index in [4.69, 9.17) is 30.5 Å². The number of methoxy groups -OCH3 is 2. The molecule has 0 fully saturated rings. The van der Waals surface area contributed by atoms with Crippen molar-refractivity contribution in [2.75, 3.05) is 14.2 Å². The Morgan fingerprint density at radius 2 is 1.67 bits per heavy atom. The van der Waals surface area contributed by atoms with E-state index in [0.29, 0.717) is 33.2 Å². The van der Waals surface area contributed by atoms with Gasteiger partial charge in [-0.3, -0.25) is 4.79 Å². The predicted molar refractivity (Wildman–Crippen MR) is 123 cm³/mol. The second-order valence-corrected chi connectivity index (χ2v) is 7.28. The fourth-order valence-electron chi connectivity index (χ4n) is 3.11. The maximum atomic E-state index is 12.4. The van der Waals surface area contributed by atoms with Gasteiger partial charge in [-0.05, 0) is 54.1 Å². The SMILES string of the molecule is COc1cc(/C=C2/OC(c3cc(Cl)ccc3OC)=NC2=O)ccc1OC(=O)c1ccccc1. The number of nitrogens with zero attached hydrogens (tertiary/aromatic N) is 1. The first-order valence-electron chi connectivity index (χ1n) is 9.80. The molecule has 0 aliphatic carbocycles. The van der Waals surface area contributed by atoms with E-state index in [1.807, 2.05) is 6.07 Å². The molecule has 7 nitrogen and oxygen atoms in total. The van der Waals surface area contributed by atoms with E-state index in [9.17, 15) is 9.59 Å². The summed E-state index contributed by atoms with van der Waals surface area (Å²) >= 11 is 6.06. The highest BCUT2D eigenvalue weighted by molar-refractivity contribution is 6.31. The zero-order chi connectivity index (χ0) is 23.4. The molecule has 33 heavy (non-hydrogen) atoms. The molecule has 1 aliphatic rings. The minimum atomic E-state index is -0.550. The van der Waals surface area contributed by atoms with E-state index in [1.165, 1.54) is 20.3 Å². The van der Waals surface area contributed by atoms with Crippen LogP contribution in [-0.2, 0) is 9.53 Å². The van der Waals surface area contributed by atoms with Crippen LogP contribution in [0.5, 0.6) is 17.2 Å². The smallest absolute Gasteiger partial charge is 0.343 e. The molecular weight excluding hydrogens is 446 g/mol. The molecule has 0 unspecified atom stereocenters. The summed E-state index contributed by atoms with van der Waals surface area (Å²) < 4.78 is 21.8. The Morgan fingerprint density at radius 1 is 0.939 bits per heavy atom. The van der Waals surface area contributed by atoms with Crippen molar-refractivity contribution in [1.82, 2.24) is 0 Å². The summed E-state index contributed by atoms with van der Waals surface area (Å²) in [4.78, 5) is 28.7. The third-order valence-corrected chi connectivity index (χ3v) is 4.95. The van der Waals surface area contributed by atoms with E-state index in [-0.39, 0.29) is 17.4 Å². The maximum Gasteiger partial charge on any atom is 0.343 e. The number of hydrogen-bond acceptors (Lipinski definition) is 6. The number of carbonyl (C=O) groups excluding carboxylic acids is 2. The molecule has 0 N–H and O–H groups in total. The Balaban J connectivity index is 1.56. The molecule has 1 aliphatic heterocycles. The molecule has 166 valence electrons. The van der Waals surface area contributed by atoms with Crippen LogP contribution in [0.3, 0.4) is 0 Å². The molecule has 0 atom stereocenters. The van der Waals surface area contributed by atoms with Crippen LogP contribution in [0, 0.1) is 0 Å². The van der Waals surface area contributed by atoms with Crippen LogP contribution in [0.25, 0.3) is 6.08 Å². The molecule has 3 aromatic rings. The predicted octanol–water partition coefficient (Wildman–Crippen LogP) is 4.92. The molecule has 0 saturated carbocycles. The lowest BCUT2D eigenvalue weighted by atomic mass is 10.1. The summed E-state index contributed by atoms with van der Waals surface area (Å²) in [5.74, 6) is 0.0745. The number of carbonyl (C=O) groups is 2. The number of hydrogen-bond donors (Lipinski definition) is 0. The number of rotatable bonds is 6. The molecular formula is C25H18ClNO6. The van der Waals surface area contributed by atoms with E-state index < -0.39 is 11.9 Å². The van der Waals surface area contributed by atoms with Crippen LogP contribution in [0.4, 0.5) is 0 Å². The first-order chi connectivity index (χ1) is 16.0. The first-order valence-corrected chi connectivity index (χ1v) is 10.2. The van der Waals surface area contributed by atoms with Gasteiger partial charge in [-0.2, -0.15) is 4.99 Å². The summed E-state index contributed by atoms with van der Waals surface area (Å²) in [5, 5.41) is 0.451. The van der Waals surface area contributed by atoms with Crippen molar-refractivity contribution in [2.45, 2.75) is 0 Å².